The molecular formula is C28H34Cl2N4O4. The summed E-state index contributed by atoms with van der Waals surface area (Å²) in [5.74, 6) is -0.165. The van der Waals surface area contributed by atoms with Crippen molar-refractivity contribution >= 4 is 52.5 Å². The Hall–Kier alpha value is -2.97. The average Bonchev–Trinajstić information content (AvgIpc) is 3.66. The highest BCUT2D eigenvalue weighted by Crippen LogP contribution is 2.36. The Balaban J connectivity index is 1.57. The van der Waals surface area contributed by atoms with Gasteiger partial charge in [-0.1, -0.05) is 41.4 Å². The molecule has 0 bridgehead atoms. The highest BCUT2D eigenvalue weighted by Gasteiger charge is 2.36. The molecule has 204 valence electrons. The van der Waals surface area contributed by atoms with Gasteiger partial charge in [0.05, 0.1) is 11.4 Å². The molecule has 3 amide bonds. The molecule has 10 heteroatoms. The molecule has 0 aromatic heterocycles. The summed E-state index contributed by atoms with van der Waals surface area (Å²) >= 11 is 12.4. The van der Waals surface area contributed by atoms with Gasteiger partial charge in [-0.3, -0.25) is 9.59 Å². The highest BCUT2D eigenvalue weighted by molar-refractivity contribution is 6.35. The van der Waals surface area contributed by atoms with Gasteiger partial charge in [0.15, 0.2) is 0 Å². The first-order valence-corrected chi connectivity index (χ1v) is 13.5. The number of nitrogens with zero attached hydrogens (tertiary/aromatic N) is 2. The third-order valence-corrected chi connectivity index (χ3v) is 7.14. The number of halogens is 2. The van der Waals surface area contributed by atoms with E-state index in [1.54, 1.807) is 50.9 Å². The summed E-state index contributed by atoms with van der Waals surface area (Å²) in [6.45, 7) is 6.35. The summed E-state index contributed by atoms with van der Waals surface area (Å²) < 4.78 is 5.40. The van der Waals surface area contributed by atoms with E-state index in [4.69, 9.17) is 27.9 Å². The lowest BCUT2D eigenvalue weighted by Crippen LogP contribution is -2.57. The molecule has 0 radical (unpaired) electrons. The molecule has 38 heavy (non-hydrogen) atoms. The Morgan fingerprint density at radius 2 is 1.79 bits per heavy atom. The van der Waals surface area contributed by atoms with E-state index in [1.165, 1.54) is 0 Å². The van der Waals surface area contributed by atoms with Crippen LogP contribution in [-0.4, -0.2) is 55.7 Å². The third kappa shape index (κ3) is 7.11. The van der Waals surface area contributed by atoms with Crippen LogP contribution < -0.4 is 20.4 Å². The Morgan fingerprint density at radius 3 is 2.42 bits per heavy atom. The molecule has 1 aliphatic heterocycles. The minimum atomic E-state index is -1.04. The molecule has 2 N–H and O–H groups in total. The van der Waals surface area contributed by atoms with E-state index in [9.17, 15) is 14.4 Å². The molecule has 8 nitrogen and oxygen atoms in total. The van der Waals surface area contributed by atoms with E-state index < -0.39 is 29.7 Å². The van der Waals surface area contributed by atoms with Crippen molar-refractivity contribution in [2.75, 3.05) is 29.9 Å². The number of carbonyl (C=O) groups excluding carboxylic acids is 3. The summed E-state index contributed by atoms with van der Waals surface area (Å²) in [5, 5.41) is 6.40. The molecule has 0 spiro atoms. The van der Waals surface area contributed by atoms with Crippen molar-refractivity contribution in [3.63, 3.8) is 0 Å². The first kappa shape index (κ1) is 28.0. The number of anilines is 2. The molecule has 2 aromatic carbocycles. The number of rotatable bonds is 7. The lowest BCUT2D eigenvalue weighted by Gasteiger charge is -2.28. The molecule has 1 heterocycles. The van der Waals surface area contributed by atoms with E-state index in [0.29, 0.717) is 28.1 Å². The summed E-state index contributed by atoms with van der Waals surface area (Å²) in [7, 11) is 1.71. The number of likely N-dealkylation sites (N-methyl/N-ethyl adjacent to an activating group) is 1. The molecule has 4 rings (SSSR count). The smallest absolute Gasteiger partial charge is 0.408 e. The van der Waals surface area contributed by atoms with Crippen molar-refractivity contribution in [3.05, 3.63) is 58.1 Å². The van der Waals surface area contributed by atoms with Crippen molar-refractivity contribution in [3.8, 4) is 0 Å². The number of nitrogens with one attached hydrogen (secondary N) is 2. The largest absolute Gasteiger partial charge is 0.444 e. The number of ether oxygens (including phenoxy) is 1. The molecule has 1 fully saturated rings. The summed E-state index contributed by atoms with van der Waals surface area (Å²) in [6.07, 6.45) is 1.66. The topological polar surface area (TPSA) is 91.0 Å². The summed E-state index contributed by atoms with van der Waals surface area (Å²) in [6, 6.07) is 10.9. The summed E-state index contributed by atoms with van der Waals surface area (Å²) in [5.41, 5.74) is 1.63. The number of amides is 3. The van der Waals surface area contributed by atoms with Crippen molar-refractivity contribution in [1.29, 1.82) is 0 Å². The van der Waals surface area contributed by atoms with Crippen LogP contribution in [0, 0.1) is 5.92 Å². The van der Waals surface area contributed by atoms with Gasteiger partial charge in [-0.2, -0.15) is 0 Å². The van der Waals surface area contributed by atoms with Crippen molar-refractivity contribution in [2.24, 2.45) is 5.92 Å². The number of para-hydroxylation sites is 2. The second-order valence-electron chi connectivity index (χ2n) is 10.9. The van der Waals surface area contributed by atoms with Gasteiger partial charge in [0.2, 0.25) is 5.91 Å². The van der Waals surface area contributed by atoms with Crippen molar-refractivity contribution in [2.45, 2.75) is 57.7 Å². The summed E-state index contributed by atoms with van der Waals surface area (Å²) in [4.78, 5) is 43.5. The Morgan fingerprint density at radius 1 is 1.11 bits per heavy atom. The Bertz CT molecular complexity index is 1210. The number of benzene rings is 2. The van der Waals surface area contributed by atoms with Crippen molar-refractivity contribution in [1.82, 2.24) is 10.6 Å². The normalized spacial score (nSPS) is 18.4. The predicted molar refractivity (Wildman–Crippen MR) is 150 cm³/mol. The van der Waals surface area contributed by atoms with Gasteiger partial charge in [0.1, 0.15) is 17.7 Å². The predicted octanol–water partition coefficient (Wildman–Crippen LogP) is 4.81. The lowest BCUT2D eigenvalue weighted by atomic mass is 10.0. The molecule has 2 aliphatic rings. The van der Waals surface area contributed by atoms with Crippen LogP contribution in [0.2, 0.25) is 10.0 Å². The maximum absolute atomic E-state index is 13.6. The first-order valence-electron chi connectivity index (χ1n) is 12.8. The highest BCUT2D eigenvalue weighted by atomic mass is 35.5. The van der Waals surface area contributed by atoms with Gasteiger partial charge in [-0.05, 0) is 69.4 Å². The second kappa shape index (κ2) is 11.4. The average molecular weight is 562 g/mol. The van der Waals surface area contributed by atoms with E-state index in [0.717, 1.165) is 30.8 Å². The fourth-order valence-electron chi connectivity index (χ4n) is 4.50. The maximum Gasteiger partial charge on any atom is 0.408 e. The van der Waals surface area contributed by atoms with Gasteiger partial charge in [-0.15, -0.1) is 0 Å². The van der Waals surface area contributed by atoms with E-state index in [1.807, 2.05) is 24.3 Å². The van der Waals surface area contributed by atoms with Crippen LogP contribution in [0.3, 0.4) is 0 Å². The first-order chi connectivity index (χ1) is 17.9. The number of hydrogen-bond donors (Lipinski definition) is 2. The Kier molecular flexibility index (Phi) is 8.43. The number of hydrogen-bond acceptors (Lipinski definition) is 5. The molecule has 1 saturated carbocycles. The maximum atomic E-state index is 13.6. The van der Waals surface area contributed by atoms with E-state index in [-0.39, 0.29) is 12.3 Å². The van der Waals surface area contributed by atoms with E-state index >= 15 is 0 Å². The zero-order valence-electron chi connectivity index (χ0n) is 22.1. The van der Waals surface area contributed by atoms with Gasteiger partial charge in [0.25, 0.3) is 5.91 Å². The van der Waals surface area contributed by atoms with Gasteiger partial charge in [0, 0.05) is 36.6 Å². The monoisotopic (exact) mass is 560 g/mol. The van der Waals surface area contributed by atoms with Crippen LogP contribution in [-0.2, 0) is 20.7 Å². The van der Waals surface area contributed by atoms with Gasteiger partial charge < -0.3 is 25.2 Å². The minimum Gasteiger partial charge on any atom is -0.444 e. The molecule has 0 saturated heterocycles. The number of alkyl carbamates (subject to hydrolysis) is 1. The SMILES string of the molecule is CN1C(=O)[C@H](NC(=O)[C@@H](Cc2ccc(Cl)cc2Cl)NC(=O)OC(C)(C)C)CN(CC2CC2)c2ccccc21. The van der Waals surface area contributed by atoms with Crippen LogP contribution in [0.5, 0.6) is 0 Å². The third-order valence-electron chi connectivity index (χ3n) is 6.55. The van der Waals surface area contributed by atoms with Crippen LogP contribution in [0.25, 0.3) is 0 Å². The zero-order valence-corrected chi connectivity index (χ0v) is 23.6. The van der Waals surface area contributed by atoms with Gasteiger partial charge in [-0.25, -0.2) is 4.79 Å². The lowest BCUT2D eigenvalue weighted by molar-refractivity contribution is -0.128. The quantitative estimate of drug-likeness (QED) is 0.507. The van der Waals surface area contributed by atoms with E-state index in [2.05, 4.69) is 15.5 Å². The Labute approximate surface area is 233 Å². The van der Waals surface area contributed by atoms with Crippen molar-refractivity contribution < 1.29 is 19.1 Å². The minimum absolute atomic E-state index is 0.0871. The van der Waals surface area contributed by atoms with Crippen LogP contribution >= 0.6 is 23.2 Å². The van der Waals surface area contributed by atoms with Crippen LogP contribution in [0.15, 0.2) is 42.5 Å². The molecule has 1 aliphatic carbocycles. The molecule has 0 unspecified atom stereocenters. The number of carbonyl (C=O) groups is 3. The molecular weight excluding hydrogens is 527 g/mol. The van der Waals surface area contributed by atoms with Crippen LogP contribution in [0.1, 0.15) is 39.2 Å². The fraction of sp³-hybridized carbons (Fsp3) is 0.464. The second-order valence-corrected chi connectivity index (χ2v) is 11.8. The fourth-order valence-corrected chi connectivity index (χ4v) is 4.98. The standard InChI is InChI=1S/C28H34Cl2N4O4/c1-28(2,3)38-27(37)32-21(13-18-11-12-19(29)14-20(18)30)25(35)31-22-16-34(15-17-9-10-17)24-8-6-5-7-23(24)33(4)26(22)36/h5-8,11-12,14,17,21-22H,9-10,13,15-16H2,1-4H3,(H,31,35)(H,32,37)/t21-,22-/m1/s1. The van der Waals surface area contributed by atoms with Crippen LogP contribution in [0.4, 0.5) is 16.2 Å². The molecule has 2 atom stereocenters. The van der Waals surface area contributed by atoms with Gasteiger partial charge >= 0.3 is 6.09 Å². The number of fused-ring (bicyclic) bond motifs is 1. The molecule has 2 aromatic rings. The zero-order chi connectivity index (χ0) is 27.6.